The van der Waals surface area contributed by atoms with Crippen LogP contribution in [0.4, 0.5) is 5.69 Å². The zero-order valence-corrected chi connectivity index (χ0v) is 14.9. The van der Waals surface area contributed by atoms with E-state index in [1.165, 1.54) is 6.92 Å². The van der Waals surface area contributed by atoms with Gasteiger partial charge in [0.25, 0.3) is 5.91 Å². The van der Waals surface area contributed by atoms with Crippen LogP contribution in [0, 0.1) is 0 Å². The van der Waals surface area contributed by atoms with Crippen molar-refractivity contribution in [2.24, 2.45) is 0 Å². The highest BCUT2D eigenvalue weighted by atomic mass is 79.9. The van der Waals surface area contributed by atoms with Gasteiger partial charge in [-0.1, -0.05) is 46.3 Å². The van der Waals surface area contributed by atoms with Crippen molar-refractivity contribution >= 4 is 33.5 Å². The van der Waals surface area contributed by atoms with Gasteiger partial charge in [-0.3, -0.25) is 9.59 Å². The van der Waals surface area contributed by atoms with Gasteiger partial charge in [0.2, 0.25) is 0 Å². The largest absolute Gasteiger partial charge is 0.497 e. The van der Waals surface area contributed by atoms with E-state index in [2.05, 4.69) is 21.2 Å². The Kier molecular flexibility index (Phi) is 6.37. The molecule has 1 amide bonds. The molecule has 0 bridgehead atoms. The van der Waals surface area contributed by atoms with Crippen molar-refractivity contribution < 1.29 is 19.1 Å². The van der Waals surface area contributed by atoms with Gasteiger partial charge in [-0.15, -0.1) is 0 Å². The van der Waals surface area contributed by atoms with Gasteiger partial charge in [-0.25, -0.2) is 0 Å². The first-order valence-electron chi connectivity index (χ1n) is 7.32. The van der Waals surface area contributed by atoms with Crippen molar-refractivity contribution in [1.29, 1.82) is 0 Å². The molecule has 24 heavy (non-hydrogen) atoms. The second-order valence-corrected chi connectivity index (χ2v) is 6.05. The maximum Gasteiger partial charge on any atom is 0.303 e. The number of benzene rings is 2. The number of halogens is 1. The molecule has 2 rings (SSSR count). The van der Waals surface area contributed by atoms with Crippen molar-refractivity contribution in [1.82, 2.24) is 0 Å². The Hall–Kier alpha value is -2.34. The number of esters is 1. The maximum absolute atomic E-state index is 12.6. The average Bonchev–Trinajstić information content (AvgIpc) is 2.60. The highest BCUT2D eigenvalue weighted by Crippen LogP contribution is 2.29. The summed E-state index contributed by atoms with van der Waals surface area (Å²) in [7, 11) is 1.57. The fraction of sp³-hybridized carbons (Fsp3) is 0.222. The van der Waals surface area contributed by atoms with Crippen LogP contribution >= 0.6 is 15.9 Å². The normalized spacial score (nSPS) is 12.8. The van der Waals surface area contributed by atoms with Crippen molar-refractivity contribution in [2.45, 2.75) is 17.9 Å². The van der Waals surface area contributed by atoms with E-state index in [0.717, 1.165) is 5.56 Å². The van der Waals surface area contributed by atoms with Gasteiger partial charge in [0, 0.05) is 12.6 Å². The third-order valence-electron chi connectivity index (χ3n) is 3.29. The van der Waals surface area contributed by atoms with Crippen molar-refractivity contribution in [3.63, 3.8) is 0 Å². The Morgan fingerprint density at radius 3 is 2.21 bits per heavy atom. The van der Waals surface area contributed by atoms with Gasteiger partial charge >= 0.3 is 5.97 Å². The summed E-state index contributed by atoms with van der Waals surface area (Å²) in [5, 5.41) is 2.75. The van der Waals surface area contributed by atoms with E-state index in [1.807, 2.05) is 30.3 Å². The molecule has 2 aromatic rings. The molecule has 126 valence electrons. The maximum atomic E-state index is 12.6. The lowest BCUT2D eigenvalue weighted by Crippen LogP contribution is -2.35. The quantitative estimate of drug-likeness (QED) is 0.602. The lowest BCUT2D eigenvalue weighted by Gasteiger charge is -2.22. The van der Waals surface area contributed by atoms with Crippen LogP contribution in [0.25, 0.3) is 0 Å². The number of methoxy groups -OCH3 is 1. The zero-order chi connectivity index (χ0) is 17.5. The molecule has 2 atom stereocenters. The van der Waals surface area contributed by atoms with Gasteiger partial charge in [-0.2, -0.15) is 0 Å². The second-order valence-electron chi connectivity index (χ2n) is 5.06. The monoisotopic (exact) mass is 391 g/mol. The smallest absolute Gasteiger partial charge is 0.303 e. The van der Waals surface area contributed by atoms with E-state index in [4.69, 9.17) is 9.47 Å². The van der Waals surface area contributed by atoms with Crippen LogP contribution < -0.4 is 10.1 Å². The number of hydrogen-bond donors (Lipinski definition) is 1. The Morgan fingerprint density at radius 1 is 1.04 bits per heavy atom. The van der Waals surface area contributed by atoms with Gasteiger partial charge in [0.05, 0.1) is 11.9 Å². The van der Waals surface area contributed by atoms with Crippen LogP contribution in [-0.2, 0) is 14.3 Å². The summed E-state index contributed by atoms with van der Waals surface area (Å²) in [6, 6.07) is 16.2. The van der Waals surface area contributed by atoms with Gasteiger partial charge in [0.1, 0.15) is 5.75 Å². The van der Waals surface area contributed by atoms with Crippen LogP contribution in [0.3, 0.4) is 0 Å². The molecule has 0 saturated heterocycles. The number of hydrogen-bond acceptors (Lipinski definition) is 4. The number of nitrogens with one attached hydrogen (secondary N) is 1. The Labute approximate surface area is 149 Å². The molecule has 0 aliphatic rings. The topological polar surface area (TPSA) is 64.6 Å². The molecule has 0 saturated carbocycles. The Bertz CT molecular complexity index is 688. The molecule has 0 aliphatic carbocycles. The first-order valence-corrected chi connectivity index (χ1v) is 8.24. The van der Waals surface area contributed by atoms with Gasteiger partial charge in [0.15, 0.2) is 6.10 Å². The summed E-state index contributed by atoms with van der Waals surface area (Å²) >= 11 is 3.46. The molecule has 0 heterocycles. The summed E-state index contributed by atoms with van der Waals surface area (Å²) in [6.45, 7) is 1.28. The van der Waals surface area contributed by atoms with Gasteiger partial charge < -0.3 is 14.8 Å². The number of anilines is 1. The van der Waals surface area contributed by atoms with Crippen LogP contribution in [0.5, 0.6) is 5.75 Å². The van der Waals surface area contributed by atoms with Gasteiger partial charge in [-0.05, 0) is 29.8 Å². The zero-order valence-electron chi connectivity index (χ0n) is 13.4. The Balaban J connectivity index is 2.16. The molecule has 0 aromatic heterocycles. The molecular formula is C18H18BrNO4. The van der Waals surface area contributed by atoms with E-state index >= 15 is 0 Å². The minimum atomic E-state index is -0.994. The second kappa shape index (κ2) is 8.49. The standard InChI is InChI=1S/C18H18BrNO4/c1-12(21)24-17(16(19)13-6-4-3-5-7-13)18(22)20-14-8-10-15(23-2)11-9-14/h3-11,16-17H,1-2H3,(H,20,22)/t16-,17-/m1/s1. The number of carbonyl (C=O) groups excluding carboxylic acids is 2. The highest BCUT2D eigenvalue weighted by molar-refractivity contribution is 9.09. The minimum absolute atomic E-state index is 0.416. The SMILES string of the molecule is COc1ccc(NC(=O)[C@H](OC(C)=O)[C@H](Br)c2ccccc2)cc1. The lowest BCUT2D eigenvalue weighted by molar-refractivity contribution is -0.151. The van der Waals surface area contributed by atoms with E-state index < -0.39 is 22.8 Å². The molecule has 0 unspecified atom stereocenters. The van der Waals surface area contributed by atoms with E-state index in [9.17, 15) is 9.59 Å². The minimum Gasteiger partial charge on any atom is -0.497 e. The predicted octanol–water partition coefficient (Wildman–Crippen LogP) is 3.70. The third kappa shape index (κ3) is 4.83. The number of rotatable bonds is 6. The fourth-order valence-corrected chi connectivity index (χ4v) is 2.78. The third-order valence-corrected chi connectivity index (χ3v) is 4.30. The Morgan fingerprint density at radius 2 is 1.67 bits per heavy atom. The first-order chi connectivity index (χ1) is 11.5. The molecule has 0 fully saturated rings. The first kappa shape index (κ1) is 18.0. The van der Waals surface area contributed by atoms with Crippen molar-refractivity contribution in [3.05, 3.63) is 60.2 Å². The lowest BCUT2D eigenvalue weighted by atomic mass is 10.1. The molecule has 1 N–H and O–H groups in total. The van der Waals surface area contributed by atoms with E-state index in [0.29, 0.717) is 11.4 Å². The number of amides is 1. The molecule has 0 radical (unpaired) electrons. The molecule has 2 aromatic carbocycles. The van der Waals surface area contributed by atoms with Crippen molar-refractivity contribution in [2.75, 3.05) is 12.4 Å². The van der Waals surface area contributed by atoms with E-state index in [-0.39, 0.29) is 0 Å². The fourth-order valence-electron chi connectivity index (χ4n) is 2.12. The highest BCUT2D eigenvalue weighted by Gasteiger charge is 2.30. The molecule has 6 heteroatoms. The van der Waals surface area contributed by atoms with E-state index in [1.54, 1.807) is 31.4 Å². The van der Waals surface area contributed by atoms with Crippen LogP contribution in [0.2, 0.25) is 0 Å². The van der Waals surface area contributed by atoms with Crippen molar-refractivity contribution in [3.8, 4) is 5.75 Å². The van der Waals surface area contributed by atoms with Crippen LogP contribution in [-0.4, -0.2) is 25.1 Å². The summed E-state index contributed by atoms with van der Waals surface area (Å²) in [4.78, 5) is 23.5. The predicted molar refractivity (Wildman–Crippen MR) is 95.3 cm³/mol. The molecule has 0 spiro atoms. The molecule has 0 aliphatic heterocycles. The average molecular weight is 392 g/mol. The molecular weight excluding hydrogens is 374 g/mol. The number of carbonyl (C=O) groups is 2. The van der Waals surface area contributed by atoms with Crippen LogP contribution in [0.1, 0.15) is 17.3 Å². The molecule has 5 nitrogen and oxygen atoms in total. The number of ether oxygens (including phenoxy) is 2. The summed E-state index contributed by atoms with van der Waals surface area (Å²) in [6.07, 6.45) is -0.994. The summed E-state index contributed by atoms with van der Waals surface area (Å²) in [5.41, 5.74) is 1.43. The van der Waals surface area contributed by atoms with Crippen LogP contribution in [0.15, 0.2) is 54.6 Å². The summed E-state index contributed by atoms with van der Waals surface area (Å²) in [5.74, 6) is -0.251. The summed E-state index contributed by atoms with van der Waals surface area (Å²) < 4.78 is 10.3. The number of alkyl halides is 1.